The van der Waals surface area contributed by atoms with Gasteiger partial charge in [0.25, 0.3) is 0 Å². The number of halogens is 2. The summed E-state index contributed by atoms with van der Waals surface area (Å²) in [6.07, 6.45) is 9.50. The summed E-state index contributed by atoms with van der Waals surface area (Å²) in [5.41, 5.74) is 0. The molecule has 0 bridgehead atoms. The zero-order chi connectivity index (χ0) is 12.7. The third-order valence-electron chi connectivity index (χ3n) is 2.46. The third-order valence-corrected chi connectivity index (χ3v) is 3.08. The maximum Gasteiger partial charge on any atom is 0.115 e. The van der Waals surface area contributed by atoms with Gasteiger partial charge in [-0.2, -0.15) is 0 Å². The molecule has 94 valence electrons. The fourth-order valence-corrected chi connectivity index (χ4v) is 2.09. The molecule has 0 saturated carbocycles. The summed E-state index contributed by atoms with van der Waals surface area (Å²) in [6.45, 7) is 2.25. The summed E-state index contributed by atoms with van der Waals surface area (Å²) in [6, 6.07) is 0. The lowest BCUT2D eigenvalue weighted by molar-refractivity contribution is 0.184. The molecule has 0 atom stereocenters. The van der Waals surface area contributed by atoms with E-state index >= 15 is 0 Å². The van der Waals surface area contributed by atoms with Crippen LogP contribution in [-0.4, -0.2) is 31.6 Å². The minimum atomic E-state index is 0.623. The lowest BCUT2D eigenvalue weighted by Gasteiger charge is -2.17. The first-order valence-electron chi connectivity index (χ1n) is 5.63. The molecule has 1 rings (SSSR count). The van der Waals surface area contributed by atoms with Gasteiger partial charge in [-0.1, -0.05) is 29.1 Å². The summed E-state index contributed by atoms with van der Waals surface area (Å²) < 4.78 is 5.64. The Morgan fingerprint density at radius 2 is 2.24 bits per heavy atom. The van der Waals surface area contributed by atoms with Crippen LogP contribution in [0.25, 0.3) is 0 Å². The van der Waals surface area contributed by atoms with Crippen LogP contribution in [0, 0.1) is 12.3 Å². The highest BCUT2D eigenvalue weighted by molar-refractivity contribution is 6.35. The fourth-order valence-electron chi connectivity index (χ4n) is 1.55. The topological polar surface area (TPSA) is 12.5 Å². The predicted octanol–water partition coefficient (Wildman–Crippen LogP) is 3.33. The molecular weight excluding hydrogens is 257 g/mol. The van der Waals surface area contributed by atoms with Crippen LogP contribution < -0.4 is 0 Å². The summed E-state index contributed by atoms with van der Waals surface area (Å²) in [5.74, 6) is 3.45. The van der Waals surface area contributed by atoms with E-state index < -0.39 is 0 Å². The number of allylic oxidation sites excluding steroid dienone is 4. The normalized spacial score (nSPS) is 15.8. The monoisotopic (exact) mass is 273 g/mol. The molecular formula is C13H17Cl2NO. The average molecular weight is 274 g/mol. The molecule has 0 heterocycles. The fraction of sp³-hybridized carbons (Fsp3) is 0.538. The van der Waals surface area contributed by atoms with Crippen molar-refractivity contribution in [1.29, 1.82) is 0 Å². The van der Waals surface area contributed by atoms with E-state index in [1.165, 1.54) is 0 Å². The second-order valence-electron chi connectivity index (χ2n) is 4.01. The SMILES string of the molecule is C#CCN(C)CCCOC1=C(Cl)C=C(Cl)CC1. The zero-order valence-corrected chi connectivity index (χ0v) is 11.5. The molecule has 0 aromatic rings. The molecule has 0 spiro atoms. The van der Waals surface area contributed by atoms with Gasteiger partial charge in [0, 0.05) is 18.0 Å². The Hall–Kier alpha value is -0.620. The summed E-state index contributed by atoms with van der Waals surface area (Å²) in [4.78, 5) is 2.08. The van der Waals surface area contributed by atoms with Crippen molar-refractivity contribution in [3.8, 4) is 12.3 Å². The quantitative estimate of drug-likeness (QED) is 0.544. The maximum absolute atomic E-state index is 6.03. The van der Waals surface area contributed by atoms with Crippen molar-refractivity contribution in [3.63, 3.8) is 0 Å². The molecule has 2 nitrogen and oxygen atoms in total. The molecule has 17 heavy (non-hydrogen) atoms. The lowest BCUT2D eigenvalue weighted by atomic mass is 10.1. The second-order valence-corrected chi connectivity index (χ2v) is 4.90. The van der Waals surface area contributed by atoms with Crippen LogP contribution in [0.3, 0.4) is 0 Å². The van der Waals surface area contributed by atoms with Gasteiger partial charge in [0.2, 0.25) is 0 Å². The molecule has 0 N–H and O–H groups in total. The van der Waals surface area contributed by atoms with E-state index in [9.17, 15) is 0 Å². The van der Waals surface area contributed by atoms with Gasteiger partial charge in [0.15, 0.2) is 0 Å². The van der Waals surface area contributed by atoms with Crippen molar-refractivity contribution >= 4 is 23.2 Å². The van der Waals surface area contributed by atoms with E-state index in [0.29, 0.717) is 18.2 Å². The smallest absolute Gasteiger partial charge is 0.115 e. The Bertz CT molecular complexity index is 355. The van der Waals surface area contributed by atoms with Gasteiger partial charge in [0.05, 0.1) is 18.2 Å². The van der Waals surface area contributed by atoms with Crippen molar-refractivity contribution in [2.24, 2.45) is 0 Å². The minimum Gasteiger partial charge on any atom is -0.496 e. The van der Waals surface area contributed by atoms with E-state index in [0.717, 1.165) is 36.6 Å². The molecule has 0 fully saturated rings. The van der Waals surface area contributed by atoms with Crippen molar-refractivity contribution in [2.45, 2.75) is 19.3 Å². The first-order chi connectivity index (χ1) is 8.13. The number of hydrogen-bond donors (Lipinski definition) is 0. The van der Waals surface area contributed by atoms with Gasteiger partial charge in [-0.05, 0) is 26.0 Å². The molecule has 4 heteroatoms. The Morgan fingerprint density at radius 3 is 2.88 bits per heavy atom. The van der Waals surface area contributed by atoms with Crippen LogP contribution in [0.5, 0.6) is 0 Å². The van der Waals surface area contributed by atoms with Gasteiger partial charge in [-0.15, -0.1) is 6.42 Å². The highest BCUT2D eigenvalue weighted by Crippen LogP contribution is 2.28. The molecule has 0 saturated heterocycles. The van der Waals surface area contributed by atoms with E-state index in [4.69, 9.17) is 34.4 Å². The van der Waals surface area contributed by atoms with Gasteiger partial charge in [-0.3, -0.25) is 4.90 Å². The minimum absolute atomic E-state index is 0.623. The predicted molar refractivity (Wildman–Crippen MR) is 72.9 cm³/mol. The number of nitrogens with zero attached hydrogens (tertiary/aromatic N) is 1. The average Bonchev–Trinajstić information content (AvgIpc) is 2.27. The van der Waals surface area contributed by atoms with Crippen LogP contribution in [-0.2, 0) is 4.74 Å². The van der Waals surface area contributed by atoms with Crippen molar-refractivity contribution in [2.75, 3.05) is 26.7 Å². The van der Waals surface area contributed by atoms with Crippen molar-refractivity contribution in [3.05, 3.63) is 21.9 Å². The van der Waals surface area contributed by atoms with Crippen LogP contribution in [0.4, 0.5) is 0 Å². The van der Waals surface area contributed by atoms with E-state index in [2.05, 4.69) is 10.8 Å². The third kappa shape index (κ3) is 5.50. The number of rotatable bonds is 6. The summed E-state index contributed by atoms with van der Waals surface area (Å²) in [7, 11) is 2.00. The largest absolute Gasteiger partial charge is 0.496 e. The van der Waals surface area contributed by atoms with Crippen LogP contribution in [0.2, 0.25) is 0 Å². The first-order valence-corrected chi connectivity index (χ1v) is 6.38. The molecule has 0 aromatic heterocycles. The van der Waals surface area contributed by atoms with E-state index in [1.807, 2.05) is 7.05 Å². The maximum atomic E-state index is 6.03. The second kappa shape index (κ2) is 7.66. The van der Waals surface area contributed by atoms with Gasteiger partial charge < -0.3 is 4.74 Å². The standard InChI is InChI=1S/C13H17Cl2NO/c1-3-7-16(2)8-4-9-17-13-6-5-11(14)10-12(13)15/h1,10H,4-9H2,2H3. The summed E-state index contributed by atoms with van der Waals surface area (Å²) >= 11 is 11.9. The van der Waals surface area contributed by atoms with Crippen molar-refractivity contribution < 1.29 is 4.74 Å². The van der Waals surface area contributed by atoms with Crippen LogP contribution in [0.15, 0.2) is 21.9 Å². The molecule has 0 amide bonds. The highest BCUT2D eigenvalue weighted by atomic mass is 35.5. The number of terminal acetylenes is 1. The van der Waals surface area contributed by atoms with Gasteiger partial charge in [-0.25, -0.2) is 0 Å². The summed E-state index contributed by atoms with van der Waals surface area (Å²) in [5, 5.41) is 1.41. The lowest BCUT2D eigenvalue weighted by Crippen LogP contribution is -2.21. The van der Waals surface area contributed by atoms with E-state index in [1.54, 1.807) is 6.08 Å². The van der Waals surface area contributed by atoms with Crippen LogP contribution in [0.1, 0.15) is 19.3 Å². The molecule has 0 unspecified atom stereocenters. The first kappa shape index (κ1) is 14.4. The molecule has 0 radical (unpaired) electrons. The Morgan fingerprint density at radius 1 is 1.47 bits per heavy atom. The Kier molecular flexibility index (Phi) is 6.50. The number of hydrogen-bond acceptors (Lipinski definition) is 2. The van der Waals surface area contributed by atoms with Gasteiger partial charge in [0.1, 0.15) is 5.76 Å². The molecule has 1 aliphatic carbocycles. The Labute approximate surface area is 113 Å². The Balaban J connectivity index is 2.24. The number of ether oxygens (including phenoxy) is 1. The van der Waals surface area contributed by atoms with Crippen LogP contribution >= 0.6 is 23.2 Å². The molecule has 1 aliphatic rings. The van der Waals surface area contributed by atoms with Gasteiger partial charge >= 0.3 is 0 Å². The zero-order valence-electron chi connectivity index (χ0n) is 10.0. The molecule has 0 aliphatic heterocycles. The van der Waals surface area contributed by atoms with Crippen molar-refractivity contribution in [1.82, 2.24) is 4.90 Å². The molecule has 0 aromatic carbocycles. The highest BCUT2D eigenvalue weighted by Gasteiger charge is 2.11. The van der Waals surface area contributed by atoms with E-state index in [-0.39, 0.29) is 0 Å².